The monoisotopic (exact) mass is 223 g/mol. The molecule has 1 atom stereocenters. The van der Waals surface area contributed by atoms with Gasteiger partial charge < -0.3 is 10.1 Å². The number of carbonyl (C=O) groups is 1. The third-order valence-electron chi connectivity index (χ3n) is 3.01. The Morgan fingerprint density at radius 1 is 1.75 bits per heavy atom. The van der Waals surface area contributed by atoms with Crippen LogP contribution < -0.4 is 5.32 Å². The molecule has 0 unspecified atom stereocenters. The van der Waals surface area contributed by atoms with Gasteiger partial charge in [-0.05, 0) is 19.8 Å². The minimum atomic E-state index is -0.253. The fraction of sp³-hybridized carbons (Fsp3) is 0.636. The zero-order valence-electron chi connectivity index (χ0n) is 9.69. The topological polar surface area (TPSA) is 56.1 Å². The normalized spacial score (nSPS) is 20.0. The van der Waals surface area contributed by atoms with Gasteiger partial charge in [-0.25, -0.2) is 0 Å². The Kier molecular flexibility index (Phi) is 3.24. The summed E-state index contributed by atoms with van der Waals surface area (Å²) in [6.07, 6.45) is 3.34. The van der Waals surface area contributed by atoms with Gasteiger partial charge in [0.25, 0.3) is 0 Å². The number of aromatic nitrogens is 2. The molecule has 88 valence electrons. The van der Waals surface area contributed by atoms with Crippen molar-refractivity contribution in [1.29, 1.82) is 0 Å². The van der Waals surface area contributed by atoms with Gasteiger partial charge >= 0.3 is 0 Å². The maximum absolute atomic E-state index is 11.7. The van der Waals surface area contributed by atoms with E-state index in [0.717, 1.165) is 24.1 Å². The molecule has 1 aromatic rings. The minimum Gasteiger partial charge on any atom is -0.368 e. The smallest absolute Gasteiger partial charge is 0.249 e. The second-order valence-electron chi connectivity index (χ2n) is 4.10. The highest BCUT2D eigenvalue weighted by Crippen LogP contribution is 2.12. The van der Waals surface area contributed by atoms with Crippen molar-refractivity contribution in [2.75, 3.05) is 6.61 Å². The van der Waals surface area contributed by atoms with E-state index in [4.69, 9.17) is 4.74 Å². The molecule has 1 aromatic heterocycles. The molecule has 5 heteroatoms. The van der Waals surface area contributed by atoms with Crippen molar-refractivity contribution < 1.29 is 9.53 Å². The molecule has 0 spiro atoms. The molecule has 0 aromatic carbocycles. The summed E-state index contributed by atoms with van der Waals surface area (Å²) in [6.45, 7) is 3.21. The maximum Gasteiger partial charge on any atom is 0.249 e. The molecule has 0 bridgehead atoms. The van der Waals surface area contributed by atoms with E-state index in [9.17, 15) is 4.79 Å². The molecule has 1 amide bonds. The van der Waals surface area contributed by atoms with E-state index in [2.05, 4.69) is 10.4 Å². The van der Waals surface area contributed by atoms with Gasteiger partial charge in [0.2, 0.25) is 5.91 Å². The second-order valence-corrected chi connectivity index (χ2v) is 4.10. The van der Waals surface area contributed by atoms with Gasteiger partial charge in [0.15, 0.2) is 0 Å². The van der Waals surface area contributed by atoms with Crippen molar-refractivity contribution in [3.63, 3.8) is 0 Å². The minimum absolute atomic E-state index is 0.0132. The molecule has 1 saturated heterocycles. The van der Waals surface area contributed by atoms with Crippen LogP contribution in [-0.4, -0.2) is 28.4 Å². The van der Waals surface area contributed by atoms with Gasteiger partial charge in [-0.2, -0.15) is 5.10 Å². The number of carbonyl (C=O) groups excluding carboxylic acids is 1. The molecule has 1 aliphatic rings. The summed E-state index contributed by atoms with van der Waals surface area (Å²) in [5.74, 6) is -0.0132. The molecule has 2 rings (SSSR count). The van der Waals surface area contributed by atoms with Crippen LogP contribution in [0.3, 0.4) is 0 Å². The molecule has 5 nitrogen and oxygen atoms in total. The molecule has 2 heterocycles. The van der Waals surface area contributed by atoms with Crippen molar-refractivity contribution in [2.45, 2.75) is 32.4 Å². The predicted octanol–water partition coefficient (Wildman–Crippen LogP) is 0.524. The lowest BCUT2D eigenvalue weighted by molar-refractivity contribution is -0.130. The van der Waals surface area contributed by atoms with Crippen LogP contribution >= 0.6 is 0 Å². The first-order valence-electron chi connectivity index (χ1n) is 5.55. The number of amides is 1. The summed E-state index contributed by atoms with van der Waals surface area (Å²) < 4.78 is 7.10. The Labute approximate surface area is 94.8 Å². The van der Waals surface area contributed by atoms with E-state index >= 15 is 0 Å². The number of aryl methyl sites for hydroxylation is 1. The molecule has 0 saturated carbocycles. The fourth-order valence-electron chi connectivity index (χ4n) is 1.80. The van der Waals surface area contributed by atoms with E-state index in [1.165, 1.54) is 0 Å². The van der Waals surface area contributed by atoms with Crippen molar-refractivity contribution in [1.82, 2.24) is 15.1 Å². The summed E-state index contributed by atoms with van der Waals surface area (Å²) in [6, 6.07) is 0. The SMILES string of the molecule is Cc1c(CNC(=O)[C@@H]2CCCO2)cnn1C. The Bertz CT molecular complexity index is 381. The quantitative estimate of drug-likeness (QED) is 0.813. The van der Waals surface area contributed by atoms with Crippen molar-refractivity contribution in [3.05, 3.63) is 17.5 Å². The van der Waals surface area contributed by atoms with Crippen LogP contribution in [0.1, 0.15) is 24.1 Å². The van der Waals surface area contributed by atoms with Crippen molar-refractivity contribution in [3.8, 4) is 0 Å². The van der Waals surface area contributed by atoms with Crippen LogP contribution in [0.25, 0.3) is 0 Å². The fourth-order valence-corrected chi connectivity index (χ4v) is 1.80. The third kappa shape index (κ3) is 2.24. The summed E-state index contributed by atoms with van der Waals surface area (Å²) in [5.41, 5.74) is 2.13. The van der Waals surface area contributed by atoms with Crippen LogP contribution in [0, 0.1) is 6.92 Å². The number of rotatable bonds is 3. The largest absolute Gasteiger partial charge is 0.368 e. The van der Waals surface area contributed by atoms with Gasteiger partial charge in [-0.3, -0.25) is 9.48 Å². The van der Waals surface area contributed by atoms with Crippen LogP contribution in [-0.2, 0) is 23.1 Å². The van der Waals surface area contributed by atoms with Gasteiger partial charge in [0.05, 0.1) is 6.20 Å². The first-order chi connectivity index (χ1) is 7.68. The van der Waals surface area contributed by atoms with Gasteiger partial charge in [0.1, 0.15) is 6.10 Å². The maximum atomic E-state index is 11.7. The Balaban J connectivity index is 1.87. The van der Waals surface area contributed by atoms with Crippen molar-refractivity contribution >= 4 is 5.91 Å². The van der Waals surface area contributed by atoms with E-state index in [1.807, 2.05) is 14.0 Å². The van der Waals surface area contributed by atoms with Gasteiger partial charge in [0, 0.05) is 31.5 Å². The molecule has 16 heavy (non-hydrogen) atoms. The van der Waals surface area contributed by atoms with Crippen LogP contribution in [0.2, 0.25) is 0 Å². The summed E-state index contributed by atoms with van der Waals surface area (Å²) >= 11 is 0. The summed E-state index contributed by atoms with van der Waals surface area (Å²) in [7, 11) is 1.89. The van der Waals surface area contributed by atoms with E-state index in [1.54, 1.807) is 10.9 Å². The number of nitrogens with zero attached hydrogens (tertiary/aromatic N) is 2. The molecular formula is C11H17N3O2. The Hall–Kier alpha value is -1.36. The van der Waals surface area contributed by atoms with E-state index < -0.39 is 0 Å². The predicted molar refractivity (Wildman–Crippen MR) is 58.8 cm³/mol. The summed E-state index contributed by atoms with van der Waals surface area (Å²) in [5, 5.41) is 7.00. The first kappa shape index (κ1) is 11.1. The first-order valence-corrected chi connectivity index (χ1v) is 5.55. The lowest BCUT2D eigenvalue weighted by Gasteiger charge is -2.09. The van der Waals surface area contributed by atoms with E-state index in [-0.39, 0.29) is 12.0 Å². The summed E-state index contributed by atoms with van der Waals surface area (Å²) in [4.78, 5) is 11.7. The van der Waals surface area contributed by atoms with Crippen molar-refractivity contribution in [2.24, 2.45) is 7.05 Å². The lowest BCUT2D eigenvalue weighted by Crippen LogP contribution is -2.33. The third-order valence-corrected chi connectivity index (χ3v) is 3.01. The highest BCUT2D eigenvalue weighted by molar-refractivity contribution is 5.80. The molecule has 1 aliphatic heterocycles. The second kappa shape index (κ2) is 4.65. The highest BCUT2D eigenvalue weighted by Gasteiger charge is 2.23. The Morgan fingerprint density at radius 2 is 2.56 bits per heavy atom. The molecule has 1 N–H and O–H groups in total. The number of hydrogen-bond acceptors (Lipinski definition) is 3. The molecule has 0 radical (unpaired) electrons. The van der Waals surface area contributed by atoms with Gasteiger partial charge in [-0.15, -0.1) is 0 Å². The molecular weight excluding hydrogens is 206 g/mol. The van der Waals surface area contributed by atoms with E-state index in [0.29, 0.717) is 13.2 Å². The number of hydrogen-bond donors (Lipinski definition) is 1. The molecule has 0 aliphatic carbocycles. The Morgan fingerprint density at radius 3 is 3.12 bits per heavy atom. The number of ether oxygens (including phenoxy) is 1. The van der Waals surface area contributed by atoms with Gasteiger partial charge in [-0.1, -0.05) is 0 Å². The highest BCUT2D eigenvalue weighted by atomic mass is 16.5. The van der Waals surface area contributed by atoms with Crippen LogP contribution in [0.15, 0.2) is 6.20 Å². The zero-order chi connectivity index (χ0) is 11.5. The number of nitrogens with one attached hydrogen (secondary N) is 1. The lowest BCUT2D eigenvalue weighted by atomic mass is 10.2. The molecule has 1 fully saturated rings. The average Bonchev–Trinajstić information content (AvgIpc) is 2.89. The van der Waals surface area contributed by atoms with Crippen LogP contribution in [0.5, 0.6) is 0 Å². The zero-order valence-corrected chi connectivity index (χ0v) is 9.69. The average molecular weight is 223 g/mol. The standard InChI is InChI=1S/C11H17N3O2/c1-8-9(7-13-14(8)2)6-12-11(15)10-4-3-5-16-10/h7,10H,3-6H2,1-2H3,(H,12,15)/t10-/m0/s1. The van der Waals surface area contributed by atoms with Crippen LogP contribution in [0.4, 0.5) is 0 Å².